The van der Waals surface area contributed by atoms with Gasteiger partial charge in [-0.2, -0.15) is 0 Å². The van der Waals surface area contributed by atoms with Gasteiger partial charge in [0.1, 0.15) is 5.75 Å². The summed E-state index contributed by atoms with van der Waals surface area (Å²) in [5, 5.41) is 5.59. The first kappa shape index (κ1) is 18.0. The maximum Gasteiger partial charge on any atom is 0.222 e. The largest absolute Gasteiger partial charge is 0.497 e. The van der Waals surface area contributed by atoms with Gasteiger partial charge in [0.05, 0.1) is 7.11 Å². The molecule has 3 rings (SSSR count). The Hall–Kier alpha value is -1.85. The van der Waals surface area contributed by atoms with Crippen LogP contribution in [-0.2, 0) is 17.8 Å². The fraction of sp³-hybridized carbons (Fsp3) is 0.450. The van der Waals surface area contributed by atoms with Gasteiger partial charge in [-0.1, -0.05) is 18.2 Å². The van der Waals surface area contributed by atoms with Gasteiger partial charge in [-0.05, 0) is 54.9 Å². The van der Waals surface area contributed by atoms with Gasteiger partial charge >= 0.3 is 0 Å². The Kier molecular flexibility index (Phi) is 6.48. The molecule has 4 nitrogen and oxygen atoms in total. The van der Waals surface area contributed by atoms with Crippen LogP contribution in [0.5, 0.6) is 5.75 Å². The summed E-state index contributed by atoms with van der Waals surface area (Å²) in [4.78, 5) is 15.6. The molecule has 2 aromatic rings. The Morgan fingerprint density at radius 3 is 2.84 bits per heavy atom. The van der Waals surface area contributed by atoms with Gasteiger partial charge in [0.2, 0.25) is 5.91 Å². The Balaban J connectivity index is 1.40. The second-order valence-electron chi connectivity index (χ2n) is 6.42. The van der Waals surface area contributed by atoms with E-state index in [-0.39, 0.29) is 0 Å². The number of thiophene rings is 1. The zero-order valence-electron chi connectivity index (χ0n) is 14.7. The van der Waals surface area contributed by atoms with E-state index in [2.05, 4.69) is 39.9 Å². The van der Waals surface area contributed by atoms with E-state index in [1.165, 1.54) is 10.4 Å². The number of nitrogens with one attached hydrogen (secondary N) is 1. The lowest BCUT2D eigenvalue weighted by Crippen LogP contribution is -2.36. The highest BCUT2D eigenvalue weighted by Crippen LogP contribution is 2.22. The molecule has 1 atom stereocenters. The van der Waals surface area contributed by atoms with Crippen LogP contribution in [-0.4, -0.2) is 37.0 Å². The van der Waals surface area contributed by atoms with Crippen molar-refractivity contribution in [3.8, 4) is 5.75 Å². The highest BCUT2D eigenvalue weighted by Gasteiger charge is 2.29. The van der Waals surface area contributed by atoms with Crippen molar-refractivity contribution < 1.29 is 9.53 Å². The topological polar surface area (TPSA) is 41.6 Å². The van der Waals surface area contributed by atoms with Crippen molar-refractivity contribution in [3.63, 3.8) is 0 Å². The summed E-state index contributed by atoms with van der Waals surface area (Å²) in [6.45, 7) is 2.63. The van der Waals surface area contributed by atoms with Crippen LogP contribution in [0.15, 0.2) is 41.8 Å². The number of hydrogen-bond acceptors (Lipinski definition) is 4. The number of nitrogens with zero attached hydrogens (tertiary/aromatic N) is 1. The summed E-state index contributed by atoms with van der Waals surface area (Å²) in [6, 6.07) is 12.7. The molecule has 0 aliphatic carbocycles. The molecule has 2 heterocycles. The van der Waals surface area contributed by atoms with Gasteiger partial charge in [0, 0.05) is 30.4 Å². The van der Waals surface area contributed by atoms with Crippen LogP contribution in [0.25, 0.3) is 0 Å². The number of likely N-dealkylation sites (tertiary alicyclic amines) is 1. The highest BCUT2D eigenvalue weighted by molar-refractivity contribution is 7.09. The van der Waals surface area contributed by atoms with Crippen LogP contribution >= 0.6 is 11.3 Å². The highest BCUT2D eigenvalue weighted by atomic mass is 32.1. The number of hydrogen-bond donors (Lipinski definition) is 1. The predicted molar refractivity (Wildman–Crippen MR) is 102 cm³/mol. The molecule has 0 bridgehead atoms. The molecule has 25 heavy (non-hydrogen) atoms. The molecule has 1 aliphatic rings. The molecular weight excluding hydrogens is 332 g/mol. The van der Waals surface area contributed by atoms with E-state index in [0.717, 1.165) is 44.6 Å². The summed E-state index contributed by atoms with van der Waals surface area (Å²) >= 11 is 1.77. The van der Waals surface area contributed by atoms with Crippen molar-refractivity contribution >= 4 is 17.2 Å². The van der Waals surface area contributed by atoms with Gasteiger partial charge < -0.3 is 15.0 Å². The summed E-state index contributed by atoms with van der Waals surface area (Å²) < 4.78 is 5.18. The van der Waals surface area contributed by atoms with Crippen LogP contribution in [0.2, 0.25) is 0 Å². The van der Waals surface area contributed by atoms with Crippen LogP contribution in [0, 0.1) is 0 Å². The maximum atomic E-state index is 12.2. The number of methoxy groups -OCH3 is 1. The van der Waals surface area contributed by atoms with Gasteiger partial charge in [0.15, 0.2) is 0 Å². The van der Waals surface area contributed by atoms with E-state index in [1.807, 2.05) is 12.1 Å². The van der Waals surface area contributed by atoms with Crippen molar-refractivity contribution in [1.82, 2.24) is 10.2 Å². The van der Waals surface area contributed by atoms with E-state index in [4.69, 9.17) is 4.74 Å². The van der Waals surface area contributed by atoms with Crippen LogP contribution in [0.3, 0.4) is 0 Å². The molecule has 5 heteroatoms. The van der Waals surface area contributed by atoms with Crippen LogP contribution < -0.4 is 10.1 Å². The standard InChI is InChI=1S/C20H26N2O2S/c1-24-18-7-4-16(5-8-18)15-21-12-10-17-6-9-20(23)22(17)13-11-19-3-2-14-25-19/h2-5,7-8,14,17,21H,6,9-13,15H2,1H3. The van der Waals surface area contributed by atoms with E-state index >= 15 is 0 Å². The summed E-state index contributed by atoms with van der Waals surface area (Å²) in [5.74, 6) is 1.20. The lowest BCUT2D eigenvalue weighted by Gasteiger charge is -2.25. The molecular formula is C20H26N2O2S. The normalized spacial score (nSPS) is 17.2. The molecule has 0 radical (unpaired) electrons. The maximum absolute atomic E-state index is 12.2. The van der Waals surface area contributed by atoms with Crippen molar-refractivity contribution in [1.29, 1.82) is 0 Å². The summed E-state index contributed by atoms with van der Waals surface area (Å²) in [5.41, 5.74) is 1.25. The SMILES string of the molecule is COc1ccc(CNCCC2CCC(=O)N2CCc2cccs2)cc1. The third-order valence-electron chi connectivity index (χ3n) is 4.77. The number of amides is 1. The minimum Gasteiger partial charge on any atom is -0.497 e. The van der Waals surface area contributed by atoms with Crippen molar-refractivity contribution in [2.75, 3.05) is 20.2 Å². The molecule has 1 fully saturated rings. The lowest BCUT2D eigenvalue weighted by molar-refractivity contribution is -0.128. The minimum absolute atomic E-state index is 0.316. The Morgan fingerprint density at radius 2 is 2.12 bits per heavy atom. The van der Waals surface area contributed by atoms with Gasteiger partial charge in [0.25, 0.3) is 0 Å². The molecule has 0 spiro atoms. The predicted octanol–water partition coefficient (Wildman–Crippen LogP) is 3.47. The Labute approximate surface area is 153 Å². The fourth-order valence-corrected chi connectivity index (χ4v) is 4.03. The second-order valence-corrected chi connectivity index (χ2v) is 7.45. The molecule has 1 saturated heterocycles. The van der Waals surface area contributed by atoms with E-state index < -0.39 is 0 Å². The van der Waals surface area contributed by atoms with Crippen LogP contribution in [0.4, 0.5) is 0 Å². The monoisotopic (exact) mass is 358 g/mol. The zero-order valence-corrected chi connectivity index (χ0v) is 15.6. The smallest absolute Gasteiger partial charge is 0.222 e. The number of rotatable bonds is 9. The van der Waals surface area contributed by atoms with Gasteiger partial charge in [-0.3, -0.25) is 4.79 Å². The third-order valence-corrected chi connectivity index (χ3v) is 5.71. The van der Waals surface area contributed by atoms with E-state index in [1.54, 1.807) is 18.4 Å². The van der Waals surface area contributed by atoms with E-state index in [9.17, 15) is 4.79 Å². The minimum atomic E-state index is 0.316. The fourth-order valence-electron chi connectivity index (χ4n) is 3.33. The molecule has 0 saturated carbocycles. The number of benzene rings is 1. The van der Waals surface area contributed by atoms with Crippen molar-refractivity contribution in [2.45, 2.75) is 38.3 Å². The average Bonchev–Trinajstić information content (AvgIpc) is 3.27. The number of carbonyl (C=O) groups excluding carboxylic acids is 1. The quantitative estimate of drug-likeness (QED) is 0.698. The molecule has 1 aromatic heterocycles. The molecule has 134 valence electrons. The first-order chi connectivity index (χ1) is 12.3. The van der Waals surface area contributed by atoms with Gasteiger partial charge in [-0.15, -0.1) is 11.3 Å². The van der Waals surface area contributed by atoms with Crippen molar-refractivity contribution in [3.05, 3.63) is 52.2 Å². The Morgan fingerprint density at radius 1 is 1.28 bits per heavy atom. The number of ether oxygens (including phenoxy) is 1. The molecule has 1 amide bonds. The van der Waals surface area contributed by atoms with E-state index in [0.29, 0.717) is 18.4 Å². The number of carbonyl (C=O) groups is 1. The van der Waals surface area contributed by atoms with Gasteiger partial charge in [-0.25, -0.2) is 0 Å². The summed E-state index contributed by atoms with van der Waals surface area (Å²) in [7, 11) is 1.68. The first-order valence-electron chi connectivity index (χ1n) is 8.92. The molecule has 1 aromatic carbocycles. The zero-order chi connectivity index (χ0) is 17.5. The first-order valence-corrected chi connectivity index (χ1v) is 9.79. The molecule has 1 N–H and O–H groups in total. The lowest BCUT2D eigenvalue weighted by atomic mass is 10.1. The third kappa shape index (κ3) is 5.06. The average molecular weight is 359 g/mol. The van der Waals surface area contributed by atoms with Crippen molar-refractivity contribution in [2.24, 2.45) is 0 Å². The summed E-state index contributed by atoms with van der Waals surface area (Å²) in [6.07, 6.45) is 3.69. The molecule has 1 aliphatic heterocycles. The van der Waals surface area contributed by atoms with Crippen LogP contribution in [0.1, 0.15) is 29.7 Å². The second kappa shape index (κ2) is 9.02. The molecule has 1 unspecified atom stereocenters. The Bertz CT molecular complexity index is 655.